The third-order valence-electron chi connectivity index (χ3n) is 6.55. The third-order valence-corrected chi connectivity index (χ3v) is 6.55. The summed E-state index contributed by atoms with van der Waals surface area (Å²) < 4.78 is 22.9. The van der Waals surface area contributed by atoms with Gasteiger partial charge in [0.2, 0.25) is 5.95 Å². The molecule has 5 rings (SSSR count). The van der Waals surface area contributed by atoms with Crippen LogP contribution in [0, 0.1) is 18.7 Å². The van der Waals surface area contributed by atoms with Crippen LogP contribution < -0.4 is 15.4 Å². The number of ether oxygens (including phenoxy) is 1. The SMILES string of the molecule is COc1cc(F)cc2c1nc(N)n1nc([C@H]3C[C@@H](C)CN(c4cnn(CC(C)(C)O)c4C)C3)nc21. The van der Waals surface area contributed by atoms with Crippen molar-refractivity contribution in [3.8, 4) is 5.75 Å². The van der Waals surface area contributed by atoms with Crippen LogP contribution >= 0.6 is 0 Å². The number of aromatic nitrogens is 6. The molecular formula is C24H31FN8O2. The molecule has 3 N–H and O–H groups in total. The van der Waals surface area contributed by atoms with Crippen LogP contribution in [0.5, 0.6) is 5.75 Å². The second kappa shape index (κ2) is 8.33. The maximum atomic E-state index is 14.3. The minimum absolute atomic E-state index is 0.0422. The highest BCUT2D eigenvalue weighted by Crippen LogP contribution is 2.35. The van der Waals surface area contributed by atoms with Gasteiger partial charge in [-0.15, -0.1) is 5.10 Å². The number of nitrogen functional groups attached to an aromatic ring is 1. The molecule has 2 atom stereocenters. The van der Waals surface area contributed by atoms with Gasteiger partial charge in [0.15, 0.2) is 11.5 Å². The molecule has 0 aliphatic carbocycles. The van der Waals surface area contributed by atoms with E-state index in [0.29, 0.717) is 47.1 Å². The first-order valence-electron chi connectivity index (χ1n) is 11.7. The Hall–Kier alpha value is -3.47. The van der Waals surface area contributed by atoms with E-state index < -0.39 is 11.4 Å². The molecule has 11 heteroatoms. The highest BCUT2D eigenvalue weighted by atomic mass is 19.1. The van der Waals surface area contributed by atoms with Crippen LogP contribution in [-0.4, -0.2) is 60.3 Å². The molecule has 1 aliphatic heterocycles. The average molecular weight is 483 g/mol. The second-order valence-electron chi connectivity index (χ2n) is 10.2. The standard InChI is InChI=1S/C24H31FN8O2/c1-13-6-15(11-31(10-13)18-9-27-32(14(18)2)12-24(3,4)34)21-29-22-17-7-16(25)8-19(35-5)20(17)28-23(26)33(22)30-21/h7-9,13,15,34H,6,10-12H2,1-5H3,(H2,26,28)/t13-,15+/m1/s1. The summed E-state index contributed by atoms with van der Waals surface area (Å²) in [5.41, 5.74) is 8.30. The van der Waals surface area contributed by atoms with Gasteiger partial charge >= 0.3 is 0 Å². The predicted molar refractivity (Wildman–Crippen MR) is 131 cm³/mol. The Labute approximate surface area is 202 Å². The van der Waals surface area contributed by atoms with E-state index in [0.717, 1.165) is 24.3 Å². The Morgan fingerprint density at radius 3 is 2.74 bits per heavy atom. The summed E-state index contributed by atoms with van der Waals surface area (Å²) in [6.07, 6.45) is 2.77. The molecule has 0 unspecified atom stereocenters. The molecule has 0 spiro atoms. The third kappa shape index (κ3) is 4.24. The molecule has 1 aromatic carbocycles. The van der Waals surface area contributed by atoms with Crippen molar-refractivity contribution >= 4 is 28.2 Å². The van der Waals surface area contributed by atoms with E-state index in [1.165, 1.54) is 23.8 Å². The summed E-state index contributed by atoms with van der Waals surface area (Å²) in [5, 5.41) is 19.9. The average Bonchev–Trinajstić information content (AvgIpc) is 3.38. The minimum Gasteiger partial charge on any atom is -0.494 e. The number of halogens is 1. The molecule has 186 valence electrons. The topological polar surface area (TPSA) is 120 Å². The van der Waals surface area contributed by atoms with Crippen LogP contribution in [0.2, 0.25) is 0 Å². The van der Waals surface area contributed by atoms with Gasteiger partial charge < -0.3 is 20.5 Å². The quantitative estimate of drug-likeness (QED) is 0.446. The van der Waals surface area contributed by atoms with Gasteiger partial charge in [-0.3, -0.25) is 4.68 Å². The van der Waals surface area contributed by atoms with Crippen molar-refractivity contribution in [1.29, 1.82) is 0 Å². The van der Waals surface area contributed by atoms with Crippen LogP contribution in [0.3, 0.4) is 0 Å². The van der Waals surface area contributed by atoms with E-state index in [9.17, 15) is 9.50 Å². The Balaban J connectivity index is 1.52. The molecule has 35 heavy (non-hydrogen) atoms. The summed E-state index contributed by atoms with van der Waals surface area (Å²) in [6, 6.07) is 2.66. The molecule has 1 aliphatic rings. The molecule has 1 fully saturated rings. The minimum atomic E-state index is -0.856. The number of fused-ring (bicyclic) bond motifs is 3. The van der Waals surface area contributed by atoms with Gasteiger partial charge in [-0.05, 0) is 39.2 Å². The fourth-order valence-corrected chi connectivity index (χ4v) is 5.02. The van der Waals surface area contributed by atoms with Gasteiger partial charge in [0.25, 0.3) is 0 Å². The number of rotatable bonds is 5. The summed E-state index contributed by atoms with van der Waals surface area (Å²) >= 11 is 0. The first-order chi connectivity index (χ1) is 16.5. The predicted octanol–water partition coefficient (Wildman–Crippen LogP) is 2.91. The van der Waals surface area contributed by atoms with Crippen molar-refractivity contribution in [2.24, 2.45) is 5.92 Å². The zero-order valence-electron chi connectivity index (χ0n) is 20.7. The summed E-state index contributed by atoms with van der Waals surface area (Å²) in [4.78, 5) is 11.5. The Morgan fingerprint density at radius 2 is 2.03 bits per heavy atom. The zero-order chi connectivity index (χ0) is 25.1. The van der Waals surface area contributed by atoms with Crippen LogP contribution in [-0.2, 0) is 6.54 Å². The first kappa shape index (κ1) is 23.3. The smallest absolute Gasteiger partial charge is 0.223 e. The highest BCUT2D eigenvalue weighted by Gasteiger charge is 2.31. The highest BCUT2D eigenvalue weighted by molar-refractivity contribution is 5.95. The largest absolute Gasteiger partial charge is 0.494 e. The molecule has 10 nitrogen and oxygen atoms in total. The Morgan fingerprint density at radius 1 is 1.26 bits per heavy atom. The second-order valence-corrected chi connectivity index (χ2v) is 10.2. The maximum Gasteiger partial charge on any atom is 0.223 e. The molecule has 0 amide bonds. The van der Waals surface area contributed by atoms with Crippen molar-refractivity contribution in [3.05, 3.63) is 35.7 Å². The normalized spacial score (nSPS) is 19.1. The summed E-state index contributed by atoms with van der Waals surface area (Å²) in [5.74, 6) is 1.11. The van der Waals surface area contributed by atoms with E-state index in [2.05, 4.69) is 27.0 Å². The number of nitrogens with zero attached hydrogens (tertiary/aromatic N) is 7. The lowest BCUT2D eigenvalue weighted by atomic mass is 9.89. The van der Waals surface area contributed by atoms with Gasteiger partial charge in [0.05, 0.1) is 42.2 Å². The first-order valence-corrected chi connectivity index (χ1v) is 11.7. The number of anilines is 2. The fraction of sp³-hybridized carbons (Fsp3) is 0.500. The molecular weight excluding hydrogens is 451 g/mol. The Kier molecular flexibility index (Phi) is 5.54. The molecule has 4 heterocycles. The van der Waals surface area contributed by atoms with Crippen LogP contribution in [0.1, 0.15) is 44.6 Å². The molecule has 4 aromatic rings. The number of hydrogen-bond donors (Lipinski definition) is 2. The maximum absolute atomic E-state index is 14.3. The lowest BCUT2D eigenvalue weighted by molar-refractivity contribution is 0.0571. The molecule has 0 radical (unpaired) electrons. The van der Waals surface area contributed by atoms with Gasteiger partial charge in [0, 0.05) is 25.1 Å². The van der Waals surface area contributed by atoms with Crippen LogP contribution in [0.4, 0.5) is 16.0 Å². The van der Waals surface area contributed by atoms with E-state index >= 15 is 0 Å². The van der Waals surface area contributed by atoms with Crippen molar-refractivity contribution in [2.45, 2.75) is 52.2 Å². The van der Waals surface area contributed by atoms with Gasteiger partial charge in [0.1, 0.15) is 17.1 Å². The van der Waals surface area contributed by atoms with E-state index in [1.54, 1.807) is 13.8 Å². The molecule has 1 saturated heterocycles. The molecule has 0 saturated carbocycles. The lowest BCUT2D eigenvalue weighted by Crippen LogP contribution is -2.39. The van der Waals surface area contributed by atoms with Crippen LogP contribution in [0.15, 0.2) is 18.3 Å². The molecule has 0 bridgehead atoms. The van der Waals surface area contributed by atoms with Crippen molar-refractivity contribution in [1.82, 2.24) is 29.4 Å². The number of nitrogens with two attached hydrogens (primary N) is 1. The van der Waals surface area contributed by atoms with E-state index in [4.69, 9.17) is 15.5 Å². The monoisotopic (exact) mass is 482 g/mol. The van der Waals surface area contributed by atoms with E-state index in [1.807, 2.05) is 17.8 Å². The Bertz CT molecular complexity index is 1410. The number of aliphatic hydroxyl groups is 1. The van der Waals surface area contributed by atoms with Gasteiger partial charge in [-0.2, -0.15) is 9.61 Å². The summed E-state index contributed by atoms with van der Waals surface area (Å²) in [6.45, 7) is 9.77. The fourth-order valence-electron chi connectivity index (χ4n) is 5.02. The van der Waals surface area contributed by atoms with E-state index in [-0.39, 0.29) is 11.9 Å². The van der Waals surface area contributed by atoms with Crippen molar-refractivity contribution in [2.75, 3.05) is 30.8 Å². The number of benzene rings is 1. The number of piperidine rings is 1. The number of hydrogen-bond acceptors (Lipinski definition) is 8. The van der Waals surface area contributed by atoms with Gasteiger partial charge in [-0.25, -0.2) is 14.4 Å². The zero-order valence-corrected chi connectivity index (χ0v) is 20.7. The lowest BCUT2D eigenvalue weighted by Gasteiger charge is -2.36. The molecule has 3 aromatic heterocycles. The van der Waals surface area contributed by atoms with Gasteiger partial charge in [-0.1, -0.05) is 6.92 Å². The van der Waals surface area contributed by atoms with Crippen LogP contribution in [0.25, 0.3) is 16.6 Å². The number of methoxy groups -OCH3 is 1. The van der Waals surface area contributed by atoms with Crippen molar-refractivity contribution in [3.63, 3.8) is 0 Å². The van der Waals surface area contributed by atoms with Crippen molar-refractivity contribution < 1.29 is 14.2 Å². The summed E-state index contributed by atoms with van der Waals surface area (Å²) in [7, 11) is 1.47.